The number of nitrogens with two attached hydrogens (primary N) is 2. The Morgan fingerprint density at radius 3 is 2.72 bits per heavy atom. The highest BCUT2D eigenvalue weighted by Crippen LogP contribution is 2.28. The Kier molecular flexibility index (Phi) is 7.69. The monoisotopic (exact) mass is 498 g/mol. The van der Waals surface area contributed by atoms with E-state index < -0.39 is 11.8 Å². The van der Waals surface area contributed by atoms with Crippen LogP contribution in [-0.4, -0.2) is 74.5 Å². The van der Waals surface area contributed by atoms with Crippen LogP contribution in [0.2, 0.25) is 0 Å². The van der Waals surface area contributed by atoms with Crippen molar-refractivity contribution in [3.05, 3.63) is 35.2 Å². The summed E-state index contributed by atoms with van der Waals surface area (Å²) in [6.45, 7) is 4.15. The van der Waals surface area contributed by atoms with E-state index in [0.717, 1.165) is 25.9 Å². The van der Waals surface area contributed by atoms with Gasteiger partial charge in [0.1, 0.15) is 5.69 Å². The fourth-order valence-electron chi connectivity index (χ4n) is 3.65. The zero-order chi connectivity index (χ0) is 25.5. The Labute approximate surface area is 205 Å². The second-order valence-corrected chi connectivity index (χ2v) is 7.85. The molecule has 3 heterocycles. The van der Waals surface area contributed by atoms with Crippen molar-refractivity contribution in [2.45, 2.75) is 26.3 Å². The number of nitrogen functional groups attached to an aromatic ring is 1. The van der Waals surface area contributed by atoms with E-state index in [-0.39, 0.29) is 23.9 Å². The van der Waals surface area contributed by atoms with Crippen molar-refractivity contribution in [2.75, 3.05) is 32.0 Å². The number of likely N-dealkylation sites (tertiary alicyclic amines) is 1. The van der Waals surface area contributed by atoms with Gasteiger partial charge in [0.15, 0.2) is 23.8 Å². The van der Waals surface area contributed by atoms with Gasteiger partial charge < -0.3 is 20.9 Å². The summed E-state index contributed by atoms with van der Waals surface area (Å²) in [5.41, 5.74) is 14.6. The third-order valence-corrected chi connectivity index (χ3v) is 5.24. The van der Waals surface area contributed by atoms with Crippen LogP contribution in [0.3, 0.4) is 0 Å². The van der Waals surface area contributed by atoms with Crippen LogP contribution in [0.25, 0.3) is 5.82 Å². The maximum atomic E-state index is 13.1. The second kappa shape index (κ2) is 11.3. The van der Waals surface area contributed by atoms with Crippen molar-refractivity contribution < 1.29 is 23.7 Å². The molecule has 1 aliphatic heterocycles. The second-order valence-electron chi connectivity index (χ2n) is 7.85. The standard InChI is InChI=1S/C21H26N10O5/c1-2-34-16-9-13(5-6-15(16)35-12-17(22)32)10-24-26-21(33)18-14(11-30-7-3-4-8-30)25-29-31(18)20-19(23)27-36-28-20/h5-6,9-10H,2-4,7-8,11-12H2,1H3,(H2,22,32)(H2,23,27)(H,26,33)/b24-10+. The third-order valence-electron chi connectivity index (χ3n) is 5.24. The van der Waals surface area contributed by atoms with Crippen LogP contribution in [-0.2, 0) is 11.3 Å². The van der Waals surface area contributed by atoms with Gasteiger partial charge >= 0.3 is 0 Å². The molecule has 0 bridgehead atoms. The number of ether oxygens (including phenoxy) is 2. The van der Waals surface area contributed by atoms with Gasteiger partial charge in [-0.05, 0) is 66.9 Å². The van der Waals surface area contributed by atoms with E-state index in [4.69, 9.17) is 20.9 Å². The molecule has 4 rings (SSSR count). The zero-order valence-corrected chi connectivity index (χ0v) is 19.6. The quantitative estimate of drug-likeness (QED) is 0.234. The lowest BCUT2D eigenvalue weighted by molar-refractivity contribution is -0.119. The first kappa shape index (κ1) is 24.6. The van der Waals surface area contributed by atoms with E-state index in [0.29, 0.717) is 35.9 Å². The molecule has 36 heavy (non-hydrogen) atoms. The Hall–Kier alpha value is -4.53. The minimum Gasteiger partial charge on any atom is -0.490 e. The molecule has 0 aliphatic carbocycles. The molecule has 1 aliphatic rings. The Morgan fingerprint density at radius 2 is 2.03 bits per heavy atom. The molecule has 0 radical (unpaired) electrons. The summed E-state index contributed by atoms with van der Waals surface area (Å²) in [6, 6.07) is 4.95. The maximum Gasteiger partial charge on any atom is 0.292 e. The molecule has 5 N–H and O–H groups in total. The van der Waals surface area contributed by atoms with Crippen LogP contribution in [0.1, 0.15) is 41.5 Å². The lowest BCUT2D eigenvalue weighted by Crippen LogP contribution is -2.26. The van der Waals surface area contributed by atoms with Gasteiger partial charge in [-0.2, -0.15) is 9.78 Å². The fraction of sp³-hybridized carbons (Fsp3) is 0.381. The van der Waals surface area contributed by atoms with Gasteiger partial charge in [-0.3, -0.25) is 14.5 Å². The minimum absolute atomic E-state index is 0.0349. The lowest BCUT2D eigenvalue weighted by atomic mass is 10.2. The summed E-state index contributed by atoms with van der Waals surface area (Å²) in [5, 5.41) is 19.5. The molecular weight excluding hydrogens is 472 g/mol. The summed E-state index contributed by atoms with van der Waals surface area (Å²) in [7, 11) is 0. The van der Waals surface area contributed by atoms with Crippen LogP contribution in [0.4, 0.5) is 5.82 Å². The SMILES string of the molecule is CCOc1cc(/C=N/NC(=O)c2c(CN3CCCC3)nnn2-c2nonc2N)ccc1OCC(N)=O. The number of nitrogens with one attached hydrogen (secondary N) is 1. The van der Waals surface area contributed by atoms with Gasteiger partial charge in [0.05, 0.1) is 12.8 Å². The smallest absolute Gasteiger partial charge is 0.292 e. The van der Waals surface area contributed by atoms with Crippen molar-refractivity contribution in [2.24, 2.45) is 10.8 Å². The first-order chi connectivity index (χ1) is 17.5. The van der Waals surface area contributed by atoms with Gasteiger partial charge in [0, 0.05) is 6.54 Å². The average molecular weight is 499 g/mol. The number of primary amides is 1. The Morgan fingerprint density at radius 1 is 1.22 bits per heavy atom. The first-order valence-corrected chi connectivity index (χ1v) is 11.2. The number of hydrogen-bond donors (Lipinski definition) is 3. The van der Waals surface area contributed by atoms with Gasteiger partial charge in [0.25, 0.3) is 11.8 Å². The highest BCUT2D eigenvalue weighted by Gasteiger charge is 2.26. The van der Waals surface area contributed by atoms with Gasteiger partial charge in [0.2, 0.25) is 11.6 Å². The van der Waals surface area contributed by atoms with Gasteiger partial charge in [-0.25, -0.2) is 10.1 Å². The summed E-state index contributed by atoms with van der Waals surface area (Å²) >= 11 is 0. The highest BCUT2D eigenvalue weighted by molar-refractivity contribution is 5.95. The fourth-order valence-corrected chi connectivity index (χ4v) is 3.65. The Bertz CT molecular complexity index is 1250. The summed E-state index contributed by atoms with van der Waals surface area (Å²) in [4.78, 5) is 26.3. The predicted molar refractivity (Wildman–Crippen MR) is 125 cm³/mol. The minimum atomic E-state index is -0.605. The molecule has 15 heteroatoms. The molecule has 1 aromatic carbocycles. The predicted octanol–water partition coefficient (Wildman–Crippen LogP) is -0.145. The lowest BCUT2D eigenvalue weighted by Gasteiger charge is -2.13. The zero-order valence-electron chi connectivity index (χ0n) is 19.6. The number of amides is 2. The molecule has 2 aromatic heterocycles. The maximum absolute atomic E-state index is 13.1. The van der Waals surface area contributed by atoms with E-state index >= 15 is 0 Å². The number of hydrazone groups is 1. The summed E-state index contributed by atoms with van der Waals surface area (Å²) < 4.78 is 16.8. The van der Waals surface area contributed by atoms with Crippen LogP contribution < -0.4 is 26.4 Å². The van der Waals surface area contributed by atoms with E-state index in [9.17, 15) is 9.59 Å². The third kappa shape index (κ3) is 5.75. The average Bonchev–Trinajstić information content (AvgIpc) is 3.60. The molecule has 1 fully saturated rings. The summed E-state index contributed by atoms with van der Waals surface area (Å²) in [6.07, 6.45) is 3.59. The van der Waals surface area contributed by atoms with E-state index in [1.165, 1.54) is 10.9 Å². The molecule has 2 amide bonds. The number of aromatic nitrogens is 5. The highest BCUT2D eigenvalue weighted by atomic mass is 16.6. The molecule has 0 saturated carbocycles. The van der Waals surface area contributed by atoms with Crippen LogP contribution >= 0.6 is 0 Å². The molecule has 0 unspecified atom stereocenters. The first-order valence-electron chi connectivity index (χ1n) is 11.2. The van der Waals surface area contributed by atoms with Crippen molar-refractivity contribution in [3.8, 4) is 17.3 Å². The molecule has 3 aromatic rings. The van der Waals surface area contributed by atoms with Crippen molar-refractivity contribution in [1.82, 2.24) is 35.6 Å². The molecule has 15 nitrogen and oxygen atoms in total. The van der Waals surface area contributed by atoms with Crippen molar-refractivity contribution in [1.29, 1.82) is 0 Å². The van der Waals surface area contributed by atoms with Crippen molar-refractivity contribution in [3.63, 3.8) is 0 Å². The number of rotatable bonds is 11. The summed E-state index contributed by atoms with van der Waals surface area (Å²) in [5.74, 6) is -0.397. The largest absolute Gasteiger partial charge is 0.490 e. The number of benzene rings is 1. The number of anilines is 1. The number of carbonyl (C=O) groups excluding carboxylic acids is 2. The van der Waals surface area contributed by atoms with Gasteiger partial charge in [-0.1, -0.05) is 5.21 Å². The van der Waals surface area contributed by atoms with E-state index in [1.807, 2.05) is 6.92 Å². The molecular formula is C21H26N10O5. The normalized spacial score (nSPS) is 13.8. The van der Waals surface area contributed by atoms with Crippen LogP contribution in [0.15, 0.2) is 27.9 Å². The van der Waals surface area contributed by atoms with Crippen LogP contribution in [0.5, 0.6) is 11.5 Å². The Balaban J connectivity index is 1.53. The molecule has 1 saturated heterocycles. The molecule has 190 valence electrons. The molecule has 0 spiro atoms. The van der Waals surface area contributed by atoms with Crippen molar-refractivity contribution >= 4 is 23.8 Å². The molecule has 0 atom stereocenters. The number of nitrogens with zero attached hydrogens (tertiary/aromatic N) is 7. The van der Waals surface area contributed by atoms with E-state index in [2.05, 4.69) is 40.7 Å². The number of carbonyl (C=O) groups is 2. The van der Waals surface area contributed by atoms with E-state index in [1.54, 1.807) is 18.2 Å². The topological polar surface area (TPSA) is 202 Å². The number of hydrogen-bond acceptors (Lipinski definition) is 12. The van der Waals surface area contributed by atoms with Gasteiger partial charge in [-0.15, -0.1) is 5.10 Å². The van der Waals surface area contributed by atoms with Crippen LogP contribution in [0, 0.1) is 0 Å².